The standard InChI is InChI=1S/C13H20N2/c1-15-9-5-6-12(11-15)10-14-13-7-3-2-4-8-13/h2-4,7-8,12,14H,5-6,9-11H2,1H3. The molecule has 1 saturated heterocycles. The van der Waals surface area contributed by atoms with Crippen molar-refractivity contribution < 1.29 is 0 Å². The summed E-state index contributed by atoms with van der Waals surface area (Å²) >= 11 is 0. The number of likely N-dealkylation sites (tertiary alicyclic amines) is 1. The minimum absolute atomic E-state index is 0.809. The highest BCUT2D eigenvalue weighted by Gasteiger charge is 2.16. The van der Waals surface area contributed by atoms with E-state index >= 15 is 0 Å². The number of nitrogens with zero attached hydrogens (tertiary/aromatic N) is 1. The van der Waals surface area contributed by atoms with Gasteiger partial charge in [-0.05, 0) is 44.5 Å². The van der Waals surface area contributed by atoms with E-state index < -0.39 is 0 Å². The summed E-state index contributed by atoms with van der Waals surface area (Å²) in [6.07, 6.45) is 2.71. The Bertz CT molecular complexity index is 284. The Hall–Kier alpha value is -1.02. The van der Waals surface area contributed by atoms with Gasteiger partial charge in [-0.25, -0.2) is 0 Å². The largest absolute Gasteiger partial charge is 0.385 e. The summed E-state index contributed by atoms with van der Waals surface area (Å²) in [6.45, 7) is 3.61. The topological polar surface area (TPSA) is 15.3 Å². The molecule has 1 aromatic carbocycles. The molecular formula is C13H20N2. The monoisotopic (exact) mass is 204 g/mol. The van der Waals surface area contributed by atoms with Gasteiger partial charge in [-0.15, -0.1) is 0 Å². The Balaban J connectivity index is 1.78. The smallest absolute Gasteiger partial charge is 0.0340 e. The fraction of sp³-hybridized carbons (Fsp3) is 0.538. The number of nitrogens with one attached hydrogen (secondary N) is 1. The third kappa shape index (κ3) is 3.24. The Labute approximate surface area is 92.3 Å². The average Bonchev–Trinajstić information content (AvgIpc) is 2.28. The molecule has 1 aromatic rings. The van der Waals surface area contributed by atoms with Crippen LogP contribution in [0.1, 0.15) is 12.8 Å². The second-order valence-corrected chi connectivity index (χ2v) is 4.52. The molecule has 0 aromatic heterocycles. The van der Waals surface area contributed by atoms with Crippen LogP contribution in [0.2, 0.25) is 0 Å². The molecule has 15 heavy (non-hydrogen) atoms. The van der Waals surface area contributed by atoms with Crippen LogP contribution in [0.3, 0.4) is 0 Å². The molecule has 2 heteroatoms. The number of para-hydroxylation sites is 1. The SMILES string of the molecule is CN1CCCC(CNc2ccccc2)C1. The van der Waals surface area contributed by atoms with Gasteiger partial charge in [0.25, 0.3) is 0 Å². The van der Waals surface area contributed by atoms with Gasteiger partial charge in [0.2, 0.25) is 0 Å². The summed E-state index contributed by atoms with van der Waals surface area (Å²) in [6, 6.07) is 10.5. The molecule has 1 N–H and O–H groups in total. The maximum absolute atomic E-state index is 3.51. The molecule has 0 aliphatic carbocycles. The summed E-state index contributed by atoms with van der Waals surface area (Å²) in [7, 11) is 2.22. The van der Waals surface area contributed by atoms with Crippen molar-refractivity contribution in [3.8, 4) is 0 Å². The summed E-state index contributed by atoms with van der Waals surface area (Å²) < 4.78 is 0. The Morgan fingerprint density at radius 1 is 1.33 bits per heavy atom. The van der Waals surface area contributed by atoms with E-state index in [9.17, 15) is 0 Å². The number of hydrogen-bond acceptors (Lipinski definition) is 2. The maximum Gasteiger partial charge on any atom is 0.0340 e. The van der Waals surface area contributed by atoms with Gasteiger partial charge in [0.05, 0.1) is 0 Å². The van der Waals surface area contributed by atoms with E-state index in [0.29, 0.717) is 0 Å². The molecule has 0 bridgehead atoms. The lowest BCUT2D eigenvalue weighted by Crippen LogP contribution is -2.35. The minimum Gasteiger partial charge on any atom is -0.385 e. The van der Waals surface area contributed by atoms with E-state index in [1.807, 2.05) is 0 Å². The fourth-order valence-electron chi connectivity index (χ4n) is 2.26. The van der Waals surface area contributed by atoms with Crippen LogP contribution in [0, 0.1) is 5.92 Å². The average molecular weight is 204 g/mol. The summed E-state index contributed by atoms with van der Waals surface area (Å²) in [5.74, 6) is 0.809. The van der Waals surface area contributed by atoms with Crippen LogP contribution in [0.25, 0.3) is 0 Å². The first-order chi connectivity index (χ1) is 7.34. The molecule has 1 fully saturated rings. The van der Waals surface area contributed by atoms with Gasteiger partial charge in [-0.2, -0.15) is 0 Å². The molecule has 2 rings (SSSR count). The predicted octanol–water partition coefficient (Wildman–Crippen LogP) is 2.44. The van der Waals surface area contributed by atoms with E-state index in [1.54, 1.807) is 0 Å². The van der Waals surface area contributed by atoms with Crippen LogP contribution in [0.5, 0.6) is 0 Å². The Kier molecular flexibility index (Phi) is 3.62. The number of piperidine rings is 1. The van der Waals surface area contributed by atoms with Crippen molar-refractivity contribution in [2.45, 2.75) is 12.8 Å². The molecule has 0 saturated carbocycles. The summed E-state index contributed by atoms with van der Waals surface area (Å²) in [5.41, 5.74) is 1.24. The molecule has 1 heterocycles. The van der Waals surface area contributed by atoms with Gasteiger partial charge in [0, 0.05) is 18.8 Å². The zero-order chi connectivity index (χ0) is 10.5. The summed E-state index contributed by atoms with van der Waals surface area (Å²) in [4.78, 5) is 2.43. The van der Waals surface area contributed by atoms with Crippen molar-refractivity contribution in [2.75, 3.05) is 32.0 Å². The molecular weight excluding hydrogens is 184 g/mol. The van der Waals surface area contributed by atoms with E-state index in [0.717, 1.165) is 12.5 Å². The van der Waals surface area contributed by atoms with E-state index in [2.05, 4.69) is 47.6 Å². The molecule has 82 valence electrons. The molecule has 0 spiro atoms. The zero-order valence-corrected chi connectivity index (χ0v) is 9.45. The van der Waals surface area contributed by atoms with Crippen molar-refractivity contribution in [2.24, 2.45) is 5.92 Å². The van der Waals surface area contributed by atoms with Crippen LogP contribution in [-0.4, -0.2) is 31.6 Å². The predicted molar refractivity (Wildman–Crippen MR) is 65.2 cm³/mol. The zero-order valence-electron chi connectivity index (χ0n) is 9.45. The molecule has 1 aliphatic heterocycles. The molecule has 1 atom stereocenters. The molecule has 1 unspecified atom stereocenters. The number of hydrogen-bond donors (Lipinski definition) is 1. The quantitative estimate of drug-likeness (QED) is 0.813. The second kappa shape index (κ2) is 5.17. The lowest BCUT2D eigenvalue weighted by atomic mass is 9.98. The van der Waals surface area contributed by atoms with Crippen molar-refractivity contribution >= 4 is 5.69 Å². The molecule has 0 amide bonds. The van der Waals surface area contributed by atoms with Crippen LogP contribution < -0.4 is 5.32 Å². The second-order valence-electron chi connectivity index (χ2n) is 4.52. The van der Waals surface area contributed by atoms with Gasteiger partial charge in [0.15, 0.2) is 0 Å². The lowest BCUT2D eigenvalue weighted by molar-refractivity contribution is 0.217. The first-order valence-corrected chi connectivity index (χ1v) is 5.82. The van der Waals surface area contributed by atoms with Crippen molar-refractivity contribution in [3.05, 3.63) is 30.3 Å². The molecule has 2 nitrogen and oxygen atoms in total. The number of anilines is 1. The number of rotatable bonds is 3. The highest BCUT2D eigenvalue weighted by atomic mass is 15.1. The van der Waals surface area contributed by atoms with Crippen LogP contribution >= 0.6 is 0 Å². The third-order valence-corrected chi connectivity index (χ3v) is 3.09. The molecule has 1 aliphatic rings. The van der Waals surface area contributed by atoms with Gasteiger partial charge >= 0.3 is 0 Å². The Morgan fingerprint density at radius 3 is 2.87 bits per heavy atom. The highest BCUT2D eigenvalue weighted by Crippen LogP contribution is 2.16. The minimum atomic E-state index is 0.809. The maximum atomic E-state index is 3.51. The highest BCUT2D eigenvalue weighted by molar-refractivity contribution is 5.42. The molecule has 0 radical (unpaired) electrons. The van der Waals surface area contributed by atoms with Gasteiger partial charge < -0.3 is 10.2 Å². The fourth-order valence-corrected chi connectivity index (χ4v) is 2.26. The normalized spacial score (nSPS) is 22.6. The van der Waals surface area contributed by atoms with Gasteiger partial charge in [-0.3, -0.25) is 0 Å². The van der Waals surface area contributed by atoms with E-state index in [4.69, 9.17) is 0 Å². The third-order valence-electron chi connectivity index (χ3n) is 3.09. The van der Waals surface area contributed by atoms with Gasteiger partial charge in [0.1, 0.15) is 0 Å². The Morgan fingerprint density at radius 2 is 2.13 bits per heavy atom. The van der Waals surface area contributed by atoms with E-state index in [1.165, 1.54) is 31.6 Å². The first kappa shape index (κ1) is 10.5. The van der Waals surface area contributed by atoms with Gasteiger partial charge in [-0.1, -0.05) is 18.2 Å². The summed E-state index contributed by atoms with van der Waals surface area (Å²) in [5, 5.41) is 3.51. The van der Waals surface area contributed by atoms with Crippen LogP contribution in [0.4, 0.5) is 5.69 Å². The van der Waals surface area contributed by atoms with Crippen molar-refractivity contribution in [3.63, 3.8) is 0 Å². The van der Waals surface area contributed by atoms with E-state index in [-0.39, 0.29) is 0 Å². The van der Waals surface area contributed by atoms with Crippen LogP contribution in [0.15, 0.2) is 30.3 Å². The van der Waals surface area contributed by atoms with Crippen molar-refractivity contribution in [1.82, 2.24) is 4.90 Å². The lowest BCUT2D eigenvalue weighted by Gasteiger charge is -2.29. The van der Waals surface area contributed by atoms with Crippen LogP contribution in [-0.2, 0) is 0 Å². The van der Waals surface area contributed by atoms with Crippen molar-refractivity contribution in [1.29, 1.82) is 0 Å². The first-order valence-electron chi connectivity index (χ1n) is 5.82. The number of benzene rings is 1.